The molecule has 0 bridgehead atoms. The molecule has 0 fully saturated rings. The molecule has 2 rings (SSSR count). The molecule has 0 radical (unpaired) electrons. The van der Waals surface area contributed by atoms with Gasteiger partial charge in [0.15, 0.2) is 5.16 Å². The van der Waals surface area contributed by atoms with E-state index < -0.39 is 10.0 Å². The Morgan fingerprint density at radius 1 is 1.35 bits per heavy atom. The predicted molar refractivity (Wildman–Crippen MR) is 77.0 cm³/mol. The molecule has 2 aromatic rings. The van der Waals surface area contributed by atoms with Crippen LogP contribution in [0.3, 0.4) is 0 Å². The molecule has 0 spiro atoms. The normalized spacial score (nSPS) is 11.8. The summed E-state index contributed by atoms with van der Waals surface area (Å²) in [6.07, 6.45) is 0. The minimum atomic E-state index is -3.54. The Labute approximate surface area is 121 Å². The fourth-order valence-corrected chi connectivity index (χ4v) is 3.25. The van der Waals surface area contributed by atoms with Gasteiger partial charge in [-0.2, -0.15) is 0 Å². The summed E-state index contributed by atoms with van der Waals surface area (Å²) in [7, 11) is -0.331. The number of nitrogens with zero attached hydrogens (tertiary/aromatic N) is 3. The van der Waals surface area contributed by atoms with Crippen LogP contribution in [0.25, 0.3) is 0 Å². The summed E-state index contributed by atoms with van der Waals surface area (Å²) in [4.78, 5) is 0.867. The summed E-state index contributed by atoms with van der Waals surface area (Å²) in [5.41, 5.74) is 6.00. The number of benzene rings is 1. The van der Waals surface area contributed by atoms with Crippen molar-refractivity contribution in [2.24, 2.45) is 7.05 Å². The Kier molecular flexibility index (Phi) is 4.02. The molecule has 7 nitrogen and oxygen atoms in total. The maximum Gasteiger partial charge on any atom is 0.242 e. The van der Waals surface area contributed by atoms with Crippen LogP contribution in [0.4, 0.5) is 5.69 Å². The molecule has 1 heterocycles. The maximum absolute atomic E-state index is 11.7. The second kappa shape index (κ2) is 5.43. The van der Waals surface area contributed by atoms with Crippen molar-refractivity contribution in [1.82, 2.24) is 19.5 Å². The van der Waals surface area contributed by atoms with Crippen LogP contribution in [0.15, 0.2) is 33.1 Å². The maximum atomic E-state index is 11.7. The molecule has 0 amide bonds. The largest absolute Gasteiger partial charge is 0.398 e. The monoisotopic (exact) mass is 313 g/mol. The fraction of sp³-hybridized carbons (Fsp3) is 0.273. The number of sulfonamides is 1. The Morgan fingerprint density at radius 2 is 2.05 bits per heavy atom. The number of anilines is 1. The first-order valence-electron chi connectivity index (χ1n) is 5.72. The number of rotatable bonds is 4. The zero-order chi connectivity index (χ0) is 14.9. The number of hydrogen-bond donors (Lipinski definition) is 2. The lowest BCUT2D eigenvalue weighted by molar-refractivity contribution is 0.588. The first-order chi connectivity index (χ1) is 9.35. The van der Waals surface area contributed by atoms with Gasteiger partial charge in [0.1, 0.15) is 10.7 Å². The first kappa shape index (κ1) is 14.8. The molecule has 3 N–H and O–H groups in total. The van der Waals surface area contributed by atoms with E-state index in [2.05, 4.69) is 14.9 Å². The summed E-state index contributed by atoms with van der Waals surface area (Å²) in [5, 5.41) is 8.71. The van der Waals surface area contributed by atoms with Gasteiger partial charge in [-0.15, -0.1) is 10.2 Å². The predicted octanol–water partition coefficient (Wildman–Crippen LogP) is 0.765. The summed E-state index contributed by atoms with van der Waals surface area (Å²) in [6, 6.07) is 4.78. The summed E-state index contributed by atoms with van der Waals surface area (Å²) < 4.78 is 27.5. The summed E-state index contributed by atoms with van der Waals surface area (Å²) in [6.45, 7) is 1.86. The number of aryl methyl sites for hydroxylation is 1. The van der Waals surface area contributed by atoms with Crippen LogP contribution < -0.4 is 10.5 Å². The molecule has 20 heavy (non-hydrogen) atoms. The van der Waals surface area contributed by atoms with Gasteiger partial charge in [0, 0.05) is 11.9 Å². The Morgan fingerprint density at radius 3 is 2.55 bits per heavy atom. The highest BCUT2D eigenvalue weighted by Gasteiger charge is 2.16. The molecule has 0 atom stereocenters. The van der Waals surface area contributed by atoms with Crippen molar-refractivity contribution in [2.75, 3.05) is 12.8 Å². The molecule has 1 aromatic carbocycles. The highest BCUT2D eigenvalue weighted by molar-refractivity contribution is 7.99. The van der Waals surface area contributed by atoms with Crippen LogP contribution in [0, 0.1) is 6.92 Å². The van der Waals surface area contributed by atoms with Crippen molar-refractivity contribution in [2.45, 2.75) is 21.9 Å². The topological polar surface area (TPSA) is 103 Å². The van der Waals surface area contributed by atoms with Crippen LogP contribution in [0.1, 0.15) is 5.82 Å². The van der Waals surface area contributed by atoms with E-state index in [1.807, 2.05) is 18.5 Å². The number of nitrogen functional groups attached to an aromatic ring is 1. The number of nitrogens with two attached hydrogens (primary N) is 1. The van der Waals surface area contributed by atoms with Crippen LogP contribution in [0.2, 0.25) is 0 Å². The highest BCUT2D eigenvalue weighted by atomic mass is 32.2. The van der Waals surface area contributed by atoms with Gasteiger partial charge in [0.2, 0.25) is 10.0 Å². The van der Waals surface area contributed by atoms with Crippen molar-refractivity contribution in [3.8, 4) is 0 Å². The van der Waals surface area contributed by atoms with E-state index in [0.29, 0.717) is 5.16 Å². The van der Waals surface area contributed by atoms with Gasteiger partial charge in [-0.05, 0) is 43.9 Å². The zero-order valence-electron chi connectivity index (χ0n) is 11.3. The highest BCUT2D eigenvalue weighted by Crippen LogP contribution is 2.30. The quantitative estimate of drug-likeness (QED) is 0.808. The second-order valence-corrected chi connectivity index (χ2v) is 6.99. The summed E-state index contributed by atoms with van der Waals surface area (Å²) in [5.74, 6) is 0.801. The number of hydrogen-bond acceptors (Lipinski definition) is 6. The van der Waals surface area contributed by atoms with Crippen molar-refractivity contribution in [3.05, 3.63) is 24.0 Å². The lowest BCUT2D eigenvalue weighted by Crippen LogP contribution is -2.19. The van der Waals surface area contributed by atoms with E-state index in [1.54, 1.807) is 12.1 Å². The van der Waals surface area contributed by atoms with Crippen LogP contribution in [-0.4, -0.2) is 30.2 Å². The van der Waals surface area contributed by atoms with Gasteiger partial charge >= 0.3 is 0 Å². The van der Waals surface area contributed by atoms with Crippen LogP contribution in [0.5, 0.6) is 0 Å². The Bertz CT molecular complexity index is 739. The van der Waals surface area contributed by atoms with Gasteiger partial charge in [-0.3, -0.25) is 0 Å². The molecule has 0 aliphatic rings. The summed E-state index contributed by atoms with van der Waals surface area (Å²) >= 11 is 1.37. The molecule has 0 aliphatic heterocycles. The molecule has 0 unspecified atom stereocenters. The lowest BCUT2D eigenvalue weighted by Gasteiger charge is -2.08. The molecule has 108 valence electrons. The zero-order valence-corrected chi connectivity index (χ0v) is 12.9. The average molecular weight is 313 g/mol. The van der Waals surface area contributed by atoms with Crippen molar-refractivity contribution >= 4 is 27.5 Å². The third kappa shape index (κ3) is 2.79. The van der Waals surface area contributed by atoms with E-state index in [0.717, 1.165) is 10.7 Å². The molecular weight excluding hydrogens is 298 g/mol. The van der Waals surface area contributed by atoms with E-state index >= 15 is 0 Å². The third-order valence-corrected chi connectivity index (χ3v) is 5.32. The van der Waals surface area contributed by atoms with Gasteiger partial charge in [-0.1, -0.05) is 0 Å². The van der Waals surface area contributed by atoms with E-state index in [1.165, 1.54) is 24.9 Å². The number of nitrogens with one attached hydrogen (secondary N) is 1. The number of aromatic nitrogens is 3. The first-order valence-corrected chi connectivity index (χ1v) is 8.02. The molecule has 0 saturated carbocycles. The van der Waals surface area contributed by atoms with Gasteiger partial charge < -0.3 is 10.3 Å². The molecule has 1 aromatic heterocycles. The van der Waals surface area contributed by atoms with E-state index in [9.17, 15) is 8.42 Å². The second-order valence-electron chi connectivity index (χ2n) is 4.10. The van der Waals surface area contributed by atoms with Crippen molar-refractivity contribution in [1.29, 1.82) is 0 Å². The smallest absolute Gasteiger partial charge is 0.242 e. The van der Waals surface area contributed by atoms with E-state index in [4.69, 9.17) is 5.73 Å². The van der Waals surface area contributed by atoms with E-state index in [-0.39, 0.29) is 10.6 Å². The third-order valence-electron chi connectivity index (χ3n) is 2.80. The lowest BCUT2D eigenvalue weighted by atomic mass is 10.3. The Balaban J connectivity index is 2.33. The minimum absolute atomic E-state index is 0.0681. The van der Waals surface area contributed by atoms with Crippen LogP contribution >= 0.6 is 11.8 Å². The fourth-order valence-electron chi connectivity index (χ4n) is 1.53. The molecule has 9 heteroatoms. The molecule has 0 saturated heterocycles. The minimum Gasteiger partial charge on any atom is -0.398 e. The standard InChI is InChI=1S/C11H15N5O2S2/c1-7-14-15-11(16(7)3)19-8-4-5-10(9(12)6-8)20(17,18)13-2/h4-6,13H,12H2,1-3H3. The van der Waals surface area contributed by atoms with Crippen molar-refractivity contribution in [3.63, 3.8) is 0 Å². The Hall–Kier alpha value is -1.58. The van der Waals surface area contributed by atoms with Crippen molar-refractivity contribution < 1.29 is 8.42 Å². The molecule has 0 aliphatic carbocycles. The molecular formula is C11H15N5O2S2. The van der Waals surface area contributed by atoms with Gasteiger partial charge in [-0.25, -0.2) is 13.1 Å². The SMILES string of the molecule is CNS(=O)(=O)c1ccc(Sc2nnc(C)n2C)cc1N. The van der Waals surface area contributed by atoms with Crippen LogP contribution in [-0.2, 0) is 17.1 Å². The van der Waals surface area contributed by atoms with Gasteiger partial charge in [0.05, 0.1) is 5.69 Å². The average Bonchev–Trinajstić information content (AvgIpc) is 2.70. The van der Waals surface area contributed by atoms with Gasteiger partial charge in [0.25, 0.3) is 0 Å².